The van der Waals surface area contributed by atoms with Crippen LogP contribution < -0.4 is 10.3 Å². The van der Waals surface area contributed by atoms with Crippen molar-refractivity contribution in [2.75, 3.05) is 0 Å². The highest BCUT2D eigenvalue weighted by Crippen LogP contribution is 2.38. The smallest absolute Gasteiger partial charge is 0.311 e. The van der Waals surface area contributed by atoms with Crippen molar-refractivity contribution in [3.63, 3.8) is 0 Å². The first kappa shape index (κ1) is 18.1. The third kappa shape index (κ3) is 3.10. The molecule has 0 spiro atoms. The highest BCUT2D eigenvalue weighted by atomic mass is 35.5. The van der Waals surface area contributed by atoms with Crippen LogP contribution in [0.25, 0.3) is 21.9 Å². The number of aryl methyl sites for hydroxylation is 3. The molecule has 1 heterocycles. The average Bonchev–Trinajstić information content (AvgIpc) is 2.60. The monoisotopic (exact) mass is 370 g/mol. The predicted molar refractivity (Wildman–Crippen MR) is 103 cm³/mol. The van der Waals surface area contributed by atoms with Gasteiger partial charge in [0.2, 0.25) is 0 Å². The fourth-order valence-corrected chi connectivity index (χ4v) is 3.20. The van der Waals surface area contributed by atoms with Crippen molar-refractivity contribution in [1.29, 1.82) is 0 Å². The SMILES string of the molecule is CCC(=O)Oc1c(Cl)nn(C)c(=O)c1-c1c(C)ccc2ccc(C)cc12. The van der Waals surface area contributed by atoms with Crippen molar-refractivity contribution in [3.8, 4) is 16.9 Å². The lowest BCUT2D eigenvalue weighted by molar-refractivity contribution is -0.134. The molecule has 0 aliphatic heterocycles. The quantitative estimate of drug-likeness (QED) is 0.649. The second-order valence-electron chi connectivity index (χ2n) is 6.23. The van der Waals surface area contributed by atoms with E-state index in [2.05, 4.69) is 5.10 Å². The van der Waals surface area contributed by atoms with E-state index >= 15 is 0 Å². The zero-order chi connectivity index (χ0) is 19.0. The van der Waals surface area contributed by atoms with Crippen LogP contribution in [0.3, 0.4) is 0 Å². The van der Waals surface area contributed by atoms with Crippen molar-refractivity contribution in [1.82, 2.24) is 9.78 Å². The summed E-state index contributed by atoms with van der Waals surface area (Å²) in [5, 5.41) is 5.83. The Labute approximate surface area is 156 Å². The van der Waals surface area contributed by atoms with Crippen LogP contribution in [0.1, 0.15) is 24.5 Å². The van der Waals surface area contributed by atoms with Crippen molar-refractivity contribution < 1.29 is 9.53 Å². The summed E-state index contributed by atoms with van der Waals surface area (Å²) in [6, 6.07) is 9.96. The number of rotatable bonds is 3. The van der Waals surface area contributed by atoms with E-state index in [1.54, 1.807) is 6.92 Å². The number of carbonyl (C=O) groups is 1. The minimum atomic E-state index is -0.475. The molecule has 0 aliphatic rings. The number of nitrogens with zero attached hydrogens (tertiary/aromatic N) is 2. The van der Waals surface area contributed by atoms with Crippen molar-refractivity contribution in [2.24, 2.45) is 7.05 Å². The van der Waals surface area contributed by atoms with Crippen LogP contribution in [0.5, 0.6) is 5.75 Å². The lowest BCUT2D eigenvalue weighted by Gasteiger charge is -2.16. The van der Waals surface area contributed by atoms with Crippen LogP contribution in [0.2, 0.25) is 5.15 Å². The van der Waals surface area contributed by atoms with E-state index in [1.165, 1.54) is 7.05 Å². The second-order valence-corrected chi connectivity index (χ2v) is 6.59. The Morgan fingerprint density at radius 3 is 2.58 bits per heavy atom. The van der Waals surface area contributed by atoms with E-state index in [-0.39, 0.29) is 28.4 Å². The van der Waals surface area contributed by atoms with Gasteiger partial charge in [0.05, 0.1) is 5.56 Å². The zero-order valence-electron chi connectivity index (χ0n) is 15.1. The van der Waals surface area contributed by atoms with Gasteiger partial charge in [-0.25, -0.2) is 4.68 Å². The van der Waals surface area contributed by atoms with E-state index in [0.29, 0.717) is 5.56 Å². The van der Waals surface area contributed by atoms with Crippen LogP contribution >= 0.6 is 11.6 Å². The maximum absolute atomic E-state index is 12.9. The summed E-state index contributed by atoms with van der Waals surface area (Å²) in [4.78, 5) is 24.8. The number of ether oxygens (including phenoxy) is 1. The molecule has 0 fully saturated rings. The molecule has 3 aromatic rings. The summed E-state index contributed by atoms with van der Waals surface area (Å²) in [5.74, 6) is -0.462. The summed E-state index contributed by atoms with van der Waals surface area (Å²) in [6.45, 7) is 5.58. The second kappa shape index (κ2) is 6.92. The van der Waals surface area contributed by atoms with Gasteiger partial charge in [-0.15, -0.1) is 0 Å². The fourth-order valence-electron chi connectivity index (χ4n) is 2.96. The minimum Gasteiger partial charge on any atom is -0.422 e. The molecule has 134 valence electrons. The third-order valence-corrected chi connectivity index (χ3v) is 4.55. The molecular formula is C20H19ClN2O3. The first-order valence-electron chi connectivity index (χ1n) is 8.31. The highest BCUT2D eigenvalue weighted by molar-refractivity contribution is 6.31. The lowest BCUT2D eigenvalue weighted by atomic mass is 9.93. The van der Waals surface area contributed by atoms with Crippen LogP contribution in [0.15, 0.2) is 35.1 Å². The number of esters is 1. The Kier molecular flexibility index (Phi) is 4.83. The molecule has 1 aromatic heterocycles. The summed E-state index contributed by atoms with van der Waals surface area (Å²) in [6.07, 6.45) is 0.165. The Balaban J connectivity index is 2.46. The number of carbonyl (C=O) groups excluding carboxylic acids is 1. The summed E-state index contributed by atoms with van der Waals surface area (Å²) < 4.78 is 6.56. The maximum Gasteiger partial charge on any atom is 0.311 e. The van der Waals surface area contributed by atoms with Gasteiger partial charge in [-0.1, -0.05) is 54.4 Å². The Bertz CT molecular complexity index is 1080. The Morgan fingerprint density at radius 1 is 1.19 bits per heavy atom. The molecule has 3 rings (SSSR count). The van der Waals surface area contributed by atoms with E-state index in [9.17, 15) is 9.59 Å². The van der Waals surface area contributed by atoms with Gasteiger partial charge in [0, 0.05) is 19.0 Å². The van der Waals surface area contributed by atoms with Crippen molar-refractivity contribution >= 4 is 28.3 Å². The number of hydrogen-bond donors (Lipinski definition) is 0. The number of benzene rings is 2. The third-order valence-electron chi connectivity index (χ3n) is 4.30. The maximum atomic E-state index is 12.9. The first-order chi connectivity index (χ1) is 12.3. The molecule has 6 heteroatoms. The van der Waals surface area contributed by atoms with Gasteiger partial charge in [-0.2, -0.15) is 5.10 Å². The summed E-state index contributed by atoms with van der Waals surface area (Å²) >= 11 is 6.24. The lowest BCUT2D eigenvalue weighted by Crippen LogP contribution is -2.24. The highest BCUT2D eigenvalue weighted by Gasteiger charge is 2.23. The number of hydrogen-bond acceptors (Lipinski definition) is 4. The normalized spacial score (nSPS) is 11.0. The van der Waals surface area contributed by atoms with Gasteiger partial charge in [0.25, 0.3) is 5.56 Å². The molecule has 0 amide bonds. The van der Waals surface area contributed by atoms with Crippen LogP contribution in [-0.2, 0) is 11.8 Å². The summed E-state index contributed by atoms with van der Waals surface area (Å²) in [7, 11) is 1.52. The molecule has 0 bridgehead atoms. The van der Waals surface area contributed by atoms with Gasteiger partial charge in [-0.05, 0) is 30.2 Å². The topological polar surface area (TPSA) is 61.2 Å². The Hall–Kier alpha value is -2.66. The Morgan fingerprint density at radius 2 is 1.88 bits per heavy atom. The van der Waals surface area contributed by atoms with Crippen molar-refractivity contribution in [3.05, 3.63) is 57.0 Å². The zero-order valence-corrected chi connectivity index (χ0v) is 15.8. The number of aromatic nitrogens is 2. The molecule has 2 aromatic carbocycles. The average molecular weight is 371 g/mol. The molecule has 0 saturated heterocycles. The van der Waals surface area contributed by atoms with Crippen LogP contribution in [-0.4, -0.2) is 15.7 Å². The van der Waals surface area contributed by atoms with Gasteiger partial charge < -0.3 is 4.74 Å². The van der Waals surface area contributed by atoms with Crippen LogP contribution in [0.4, 0.5) is 0 Å². The van der Waals surface area contributed by atoms with Crippen molar-refractivity contribution in [2.45, 2.75) is 27.2 Å². The van der Waals surface area contributed by atoms with E-state index in [0.717, 1.165) is 26.6 Å². The fraction of sp³-hybridized carbons (Fsp3) is 0.250. The van der Waals surface area contributed by atoms with Gasteiger partial charge in [-0.3, -0.25) is 9.59 Å². The molecule has 0 radical (unpaired) electrons. The molecule has 26 heavy (non-hydrogen) atoms. The molecule has 0 saturated carbocycles. The predicted octanol–water partition coefficient (Wildman–Crippen LogP) is 4.19. The van der Waals surface area contributed by atoms with Gasteiger partial charge in [0.15, 0.2) is 10.9 Å². The van der Waals surface area contributed by atoms with E-state index in [1.807, 2.05) is 44.2 Å². The van der Waals surface area contributed by atoms with E-state index in [4.69, 9.17) is 16.3 Å². The molecule has 5 nitrogen and oxygen atoms in total. The number of fused-ring (bicyclic) bond motifs is 1. The molecule has 0 atom stereocenters. The molecule has 0 aliphatic carbocycles. The minimum absolute atomic E-state index is 0.0127. The molecule has 0 unspecified atom stereocenters. The van der Waals surface area contributed by atoms with Crippen LogP contribution in [0, 0.1) is 13.8 Å². The summed E-state index contributed by atoms with van der Waals surface area (Å²) in [5.41, 5.74) is 2.54. The van der Waals surface area contributed by atoms with Gasteiger partial charge >= 0.3 is 5.97 Å². The first-order valence-corrected chi connectivity index (χ1v) is 8.69. The largest absolute Gasteiger partial charge is 0.422 e. The number of halogens is 1. The van der Waals surface area contributed by atoms with E-state index < -0.39 is 5.97 Å². The standard InChI is InChI=1S/C20H19ClN2O3/c1-5-15(24)26-18-17(20(25)23(4)22-19(18)21)16-12(3)7-9-13-8-6-11(2)10-14(13)16/h6-10H,5H2,1-4H3. The van der Waals surface area contributed by atoms with Gasteiger partial charge in [0.1, 0.15) is 0 Å². The molecule has 0 N–H and O–H groups in total. The molecular weight excluding hydrogens is 352 g/mol.